The summed E-state index contributed by atoms with van der Waals surface area (Å²) in [6, 6.07) is 12.6. The first-order valence-electron chi connectivity index (χ1n) is 13.8. The van der Waals surface area contributed by atoms with Crippen molar-refractivity contribution in [2.75, 3.05) is 31.5 Å². The Labute approximate surface area is 262 Å². The monoisotopic (exact) mass is 673 g/mol. The number of piperazine rings is 1. The van der Waals surface area contributed by atoms with Gasteiger partial charge < -0.3 is 25.4 Å². The summed E-state index contributed by atoms with van der Waals surface area (Å²) in [4.78, 5) is 27.6. The molecule has 11 nitrogen and oxygen atoms in total. The Balaban J connectivity index is 0.000000322. The first-order valence-corrected chi connectivity index (χ1v) is 15.2. The molecule has 0 aliphatic carbocycles. The van der Waals surface area contributed by atoms with Gasteiger partial charge >= 0.3 is 12.4 Å². The van der Waals surface area contributed by atoms with Crippen molar-refractivity contribution in [3.8, 4) is 5.75 Å². The molecule has 0 radical (unpaired) electrons. The third-order valence-electron chi connectivity index (χ3n) is 6.66. The maximum absolute atomic E-state index is 13.2. The first-order chi connectivity index (χ1) is 21.7. The molecule has 3 aromatic rings. The summed E-state index contributed by atoms with van der Waals surface area (Å²) in [6.45, 7) is 1.83. The van der Waals surface area contributed by atoms with Gasteiger partial charge in [0.2, 0.25) is 16.4 Å². The van der Waals surface area contributed by atoms with Crippen LogP contribution in [0.5, 0.6) is 5.75 Å². The lowest BCUT2D eigenvalue weighted by atomic mass is 10.0. The second kappa shape index (κ2) is 15.8. The smallest absolute Gasteiger partial charge is 0.406 e. The van der Waals surface area contributed by atoms with Crippen LogP contribution in [0.25, 0.3) is 0 Å². The number of sulfonamides is 1. The molecule has 1 aliphatic rings. The van der Waals surface area contributed by atoms with E-state index in [4.69, 9.17) is 5.11 Å². The predicted octanol–water partition coefficient (Wildman–Crippen LogP) is 4.45. The van der Waals surface area contributed by atoms with Gasteiger partial charge in [0, 0.05) is 56.6 Å². The zero-order chi connectivity index (χ0) is 34.0. The lowest BCUT2D eigenvalue weighted by molar-refractivity contribution is -0.274. The van der Waals surface area contributed by atoms with Gasteiger partial charge in [-0.2, -0.15) is 4.31 Å². The summed E-state index contributed by atoms with van der Waals surface area (Å²) >= 11 is 0. The minimum atomic E-state index is -4.87. The zero-order valence-corrected chi connectivity index (χ0v) is 25.3. The minimum absolute atomic E-state index is 0.0138. The standard InChI is InChI=1S/C18H19F3N4O5S.C11H13F2NO/c19-18(20,21)30-15-1-3-16(4-2-15)31(28,29)25-9-7-24(8-10-25)17(27)23-13-5-6-22-14(11-13)12-26;1-2-11(12,13)10-5-3-9(4-6-10)7-14-8-15/h1-6,11,26H,7-10,12H2,(H,22,23,27);3-6,8H,2,7H2,1H3,(H,14,15). The number of rotatable bonds is 10. The molecule has 0 bridgehead atoms. The number of nitrogens with one attached hydrogen (secondary N) is 2. The number of carbonyl (C=O) groups is 2. The van der Waals surface area contributed by atoms with Crippen molar-refractivity contribution in [1.29, 1.82) is 0 Å². The van der Waals surface area contributed by atoms with Crippen molar-refractivity contribution in [3.63, 3.8) is 0 Å². The van der Waals surface area contributed by atoms with Crippen LogP contribution in [0.15, 0.2) is 71.8 Å². The summed E-state index contributed by atoms with van der Waals surface area (Å²) in [6.07, 6.45) is -3.06. The molecule has 0 saturated carbocycles. The molecular weight excluding hydrogens is 641 g/mol. The molecule has 1 saturated heterocycles. The molecule has 1 aromatic heterocycles. The molecule has 2 aromatic carbocycles. The molecule has 46 heavy (non-hydrogen) atoms. The lowest BCUT2D eigenvalue weighted by Gasteiger charge is -2.34. The van der Waals surface area contributed by atoms with Gasteiger partial charge in [-0.1, -0.05) is 31.2 Å². The van der Waals surface area contributed by atoms with Gasteiger partial charge in [0.05, 0.1) is 17.2 Å². The number of halogens is 5. The number of carbonyl (C=O) groups excluding carboxylic acids is 2. The molecule has 250 valence electrons. The normalized spacial score (nSPS) is 14.1. The van der Waals surface area contributed by atoms with Gasteiger partial charge in [0.25, 0.3) is 5.92 Å². The van der Waals surface area contributed by atoms with E-state index in [2.05, 4.69) is 20.4 Å². The highest BCUT2D eigenvalue weighted by Gasteiger charge is 2.33. The van der Waals surface area contributed by atoms with Crippen molar-refractivity contribution in [3.05, 3.63) is 83.7 Å². The molecule has 0 unspecified atom stereocenters. The van der Waals surface area contributed by atoms with Crippen LogP contribution in [0.1, 0.15) is 30.2 Å². The maximum Gasteiger partial charge on any atom is 0.573 e. The number of aliphatic hydroxyl groups excluding tert-OH is 1. The Hall–Kier alpha value is -4.35. The number of anilines is 1. The predicted molar refractivity (Wildman–Crippen MR) is 156 cm³/mol. The summed E-state index contributed by atoms with van der Waals surface area (Å²) in [5.74, 6) is -3.29. The number of urea groups is 1. The highest BCUT2D eigenvalue weighted by molar-refractivity contribution is 7.89. The number of hydrogen-bond donors (Lipinski definition) is 3. The van der Waals surface area contributed by atoms with Crippen LogP contribution in [-0.2, 0) is 33.9 Å². The van der Waals surface area contributed by atoms with Crippen LogP contribution in [0.3, 0.4) is 0 Å². The fourth-order valence-electron chi connectivity index (χ4n) is 4.17. The molecule has 4 rings (SSSR count). The average Bonchev–Trinajstić information content (AvgIpc) is 3.04. The van der Waals surface area contributed by atoms with Crippen LogP contribution >= 0.6 is 0 Å². The van der Waals surface area contributed by atoms with E-state index in [1.165, 1.54) is 36.2 Å². The largest absolute Gasteiger partial charge is 0.573 e. The van der Waals surface area contributed by atoms with Crippen molar-refractivity contribution >= 4 is 28.2 Å². The van der Waals surface area contributed by atoms with Crippen LogP contribution in [0.2, 0.25) is 0 Å². The van der Waals surface area contributed by atoms with Crippen molar-refractivity contribution in [2.24, 2.45) is 0 Å². The van der Waals surface area contributed by atoms with E-state index in [1.54, 1.807) is 18.2 Å². The van der Waals surface area contributed by atoms with E-state index in [-0.39, 0.29) is 49.7 Å². The molecule has 1 fully saturated rings. The SMILES string of the molecule is CCC(F)(F)c1ccc(CNC=O)cc1.O=C(Nc1ccnc(CO)c1)N1CCN(S(=O)(=O)c2ccc(OC(F)(F)F)cc2)CC1. The van der Waals surface area contributed by atoms with E-state index in [0.29, 0.717) is 24.3 Å². The molecule has 3 amide bonds. The first kappa shape index (κ1) is 36.1. The molecule has 3 N–H and O–H groups in total. The summed E-state index contributed by atoms with van der Waals surface area (Å²) < 4.78 is 93.5. The Morgan fingerprint density at radius 1 is 1.00 bits per heavy atom. The van der Waals surface area contributed by atoms with E-state index < -0.39 is 34.1 Å². The van der Waals surface area contributed by atoms with Crippen molar-refractivity contribution < 1.29 is 49.8 Å². The number of nitrogens with zero attached hydrogens (tertiary/aromatic N) is 3. The third-order valence-corrected chi connectivity index (χ3v) is 8.57. The van der Waals surface area contributed by atoms with Crippen LogP contribution in [-0.4, -0.2) is 72.7 Å². The third kappa shape index (κ3) is 10.3. The molecule has 0 atom stereocenters. The Morgan fingerprint density at radius 3 is 2.17 bits per heavy atom. The van der Waals surface area contributed by atoms with E-state index >= 15 is 0 Å². The van der Waals surface area contributed by atoms with Gasteiger partial charge in [0.15, 0.2) is 0 Å². The van der Waals surface area contributed by atoms with Crippen molar-refractivity contribution in [1.82, 2.24) is 19.5 Å². The van der Waals surface area contributed by atoms with Crippen LogP contribution in [0, 0.1) is 0 Å². The quantitative estimate of drug-likeness (QED) is 0.214. The van der Waals surface area contributed by atoms with E-state index in [1.807, 2.05) is 0 Å². The molecule has 1 aliphatic heterocycles. The zero-order valence-electron chi connectivity index (χ0n) is 24.5. The number of aliphatic hydroxyl groups is 1. The van der Waals surface area contributed by atoms with Gasteiger partial charge in [0.1, 0.15) is 5.75 Å². The summed E-state index contributed by atoms with van der Waals surface area (Å²) in [7, 11) is -3.94. The fourth-order valence-corrected chi connectivity index (χ4v) is 5.59. The van der Waals surface area contributed by atoms with Crippen molar-refractivity contribution in [2.45, 2.75) is 43.7 Å². The Morgan fingerprint density at radius 2 is 1.63 bits per heavy atom. The van der Waals surface area contributed by atoms with Crippen LogP contribution in [0.4, 0.5) is 32.4 Å². The highest BCUT2D eigenvalue weighted by atomic mass is 32.2. The number of pyridine rings is 1. The summed E-state index contributed by atoms with van der Waals surface area (Å²) in [5.41, 5.74) is 1.65. The van der Waals surface area contributed by atoms with E-state index in [0.717, 1.165) is 34.1 Å². The molecule has 2 heterocycles. The minimum Gasteiger partial charge on any atom is -0.406 e. The van der Waals surface area contributed by atoms with Gasteiger partial charge in [-0.3, -0.25) is 9.78 Å². The number of hydrogen-bond acceptors (Lipinski definition) is 7. The molecule has 0 spiro atoms. The number of alkyl halides is 5. The maximum atomic E-state index is 13.2. The Bertz CT molecular complexity index is 1550. The number of aromatic nitrogens is 1. The van der Waals surface area contributed by atoms with Gasteiger partial charge in [-0.25, -0.2) is 22.0 Å². The number of amides is 3. The topological polar surface area (TPSA) is 141 Å². The van der Waals surface area contributed by atoms with Gasteiger partial charge in [-0.05, 0) is 42.0 Å². The average molecular weight is 674 g/mol. The molecular formula is C29H32F5N5O6S. The molecule has 17 heteroatoms. The van der Waals surface area contributed by atoms with E-state index in [9.17, 15) is 40.0 Å². The number of ether oxygens (including phenoxy) is 1. The van der Waals surface area contributed by atoms with Gasteiger partial charge in [-0.15, -0.1) is 13.2 Å². The fraction of sp³-hybridized carbons (Fsp3) is 0.345. The second-order valence-corrected chi connectivity index (χ2v) is 11.7. The lowest BCUT2D eigenvalue weighted by Crippen LogP contribution is -2.51. The second-order valence-electron chi connectivity index (χ2n) is 9.79. The summed E-state index contributed by atoms with van der Waals surface area (Å²) in [5, 5.41) is 14.2. The van der Waals surface area contributed by atoms with Crippen LogP contribution < -0.4 is 15.4 Å². The number of benzene rings is 2. The Kier molecular flexibility index (Phi) is 12.4. The highest BCUT2D eigenvalue weighted by Crippen LogP contribution is 2.31.